The van der Waals surface area contributed by atoms with Gasteiger partial charge in [-0.05, 0) is 19.8 Å². The second kappa shape index (κ2) is 6.87. The number of nitriles is 1. The van der Waals surface area contributed by atoms with Crippen LogP contribution in [0.15, 0.2) is 0 Å². The molecule has 0 aliphatic heterocycles. The molecule has 108 valence electrons. The Balaban J connectivity index is 2.73. The van der Waals surface area contributed by atoms with Gasteiger partial charge in [0.15, 0.2) is 5.75 Å². The molecule has 1 fully saturated rings. The predicted octanol–water partition coefficient (Wildman–Crippen LogP) is 1.09. The Kier molecular flexibility index (Phi) is 5.76. The Morgan fingerprint density at radius 2 is 1.89 bits per heavy atom. The van der Waals surface area contributed by atoms with Crippen molar-refractivity contribution in [2.24, 2.45) is 0 Å². The monoisotopic (exact) mass is 288 g/mol. The average molecular weight is 288 g/mol. The van der Waals surface area contributed by atoms with Gasteiger partial charge >= 0.3 is 5.97 Å². The van der Waals surface area contributed by atoms with Crippen molar-refractivity contribution in [2.45, 2.75) is 51.0 Å². The molecule has 1 saturated carbocycles. The molecule has 0 aromatic rings. The standard InChI is InChI=1S/C12H20N2O4S/c1-2-18-11(15)9-19(16,17)14-12(10-13)7-5-3-4-6-8-12/h14H,2-9H2,1H3. The van der Waals surface area contributed by atoms with Crippen LogP contribution in [0.2, 0.25) is 0 Å². The molecule has 1 N–H and O–H groups in total. The maximum atomic E-state index is 11.9. The number of ether oxygens (including phenoxy) is 1. The van der Waals surface area contributed by atoms with Crippen LogP contribution in [0.1, 0.15) is 45.4 Å². The van der Waals surface area contributed by atoms with E-state index in [1.807, 2.05) is 0 Å². The molecule has 1 aliphatic rings. The van der Waals surface area contributed by atoms with Gasteiger partial charge in [0.1, 0.15) is 5.54 Å². The number of carbonyl (C=O) groups is 1. The van der Waals surface area contributed by atoms with Gasteiger partial charge in [0, 0.05) is 0 Å². The number of rotatable bonds is 5. The quantitative estimate of drug-likeness (QED) is 0.603. The van der Waals surface area contributed by atoms with Crippen LogP contribution in [0.3, 0.4) is 0 Å². The molecule has 1 rings (SSSR count). The third-order valence-corrected chi connectivity index (χ3v) is 4.45. The van der Waals surface area contributed by atoms with Crippen LogP contribution >= 0.6 is 0 Å². The lowest BCUT2D eigenvalue weighted by Crippen LogP contribution is -2.48. The van der Waals surface area contributed by atoms with E-state index in [1.54, 1.807) is 6.92 Å². The second-order valence-electron chi connectivity index (χ2n) is 4.77. The van der Waals surface area contributed by atoms with Crippen LogP contribution in [0, 0.1) is 11.3 Å². The van der Waals surface area contributed by atoms with Gasteiger partial charge in [-0.3, -0.25) is 4.79 Å². The first-order chi connectivity index (χ1) is 8.93. The summed E-state index contributed by atoms with van der Waals surface area (Å²) in [5.41, 5.74) is -1.07. The molecule has 6 nitrogen and oxygen atoms in total. The SMILES string of the molecule is CCOC(=O)CS(=O)(=O)NC1(C#N)CCCCCC1. The fourth-order valence-electron chi connectivity index (χ4n) is 2.26. The zero-order valence-corrected chi connectivity index (χ0v) is 12.0. The molecule has 0 aromatic carbocycles. The van der Waals surface area contributed by atoms with Gasteiger partial charge in [-0.15, -0.1) is 0 Å². The van der Waals surface area contributed by atoms with E-state index < -0.39 is 27.3 Å². The van der Waals surface area contributed by atoms with Crippen LogP contribution in [0.4, 0.5) is 0 Å². The van der Waals surface area contributed by atoms with E-state index in [0.29, 0.717) is 12.8 Å². The van der Waals surface area contributed by atoms with E-state index in [0.717, 1.165) is 25.7 Å². The molecule has 1 aliphatic carbocycles. The van der Waals surface area contributed by atoms with E-state index >= 15 is 0 Å². The van der Waals surface area contributed by atoms with E-state index in [1.165, 1.54) is 0 Å². The molecule has 0 aromatic heterocycles. The first kappa shape index (κ1) is 15.9. The molecule has 7 heteroatoms. The molecule has 0 spiro atoms. The normalized spacial score (nSPS) is 19.2. The highest BCUT2D eigenvalue weighted by Gasteiger charge is 2.36. The van der Waals surface area contributed by atoms with Crippen LogP contribution in [0.5, 0.6) is 0 Å². The number of hydrogen-bond acceptors (Lipinski definition) is 5. The van der Waals surface area contributed by atoms with Gasteiger partial charge in [-0.2, -0.15) is 9.98 Å². The second-order valence-corrected chi connectivity index (χ2v) is 6.50. The van der Waals surface area contributed by atoms with E-state index in [9.17, 15) is 18.5 Å². The Labute approximate surface area is 114 Å². The smallest absolute Gasteiger partial charge is 0.322 e. The third-order valence-electron chi connectivity index (χ3n) is 3.14. The lowest BCUT2D eigenvalue weighted by atomic mass is 9.94. The van der Waals surface area contributed by atoms with Gasteiger partial charge in [0.05, 0.1) is 12.7 Å². The Morgan fingerprint density at radius 3 is 2.37 bits per heavy atom. The number of sulfonamides is 1. The Bertz CT molecular complexity index is 445. The topological polar surface area (TPSA) is 96.3 Å². The molecule has 0 unspecified atom stereocenters. The van der Waals surface area contributed by atoms with Gasteiger partial charge in [-0.25, -0.2) is 8.42 Å². The zero-order chi connectivity index (χ0) is 14.4. The summed E-state index contributed by atoms with van der Waals surface area (Å²) in [6.07, 6.45) is 4.62. The minimum Gasteiger partial charge on any atom is -0.465 e. The molecule has 0 atom stereocenters. The van der Waals surface area contributed by atoms with Crippen LogP contribution in [-0.4, -0.2) is 32.3 Å². The van der Waals surface area contributed by atoms with Gasteiger partial charge in [0.25, 0.3) is 0 Å². The van der Waals surface area contributed by atoms with Gasteiger partial charge < -0.3 is 4.74 Å². The largest absolute Gasteiger partial charge is 0.465 e. The lowest BCUT2D eigenvalue weighted by Gasteiger charge is -2.25. The zero-order valence-electron chi connectivity index (χ0n) is 11.1. The molecule has 0 amide bonds. The molecule has 0 saturated heterocycles. The number of carbonyl (C=O) groups excluding carboxylic acids is 1. The summed E-state index contributed by atoms with van der Waals surface area (Å²) in [5.74, 6) is -1.53. The summed E-state index contributed by atoms with van der Waals surface area (Å²) in [6.45, 7) is 1.75. The molecule has 19 heavy (non-hydrogen) atoms. The number of esters is 1. The number of nitrogens with zero attached hydrogens (tertiary/aromatic N) is 1. The summed E-state index contributed by atoms with van der Waals surface area (Å²) in [4.78, 5) is 11.2. The van der Waals surface area contributed by atoms with Crippen LogP contribution in [0.25, 0.3) is 0 Å². The molecule has 0 bridgehead atoms. The van der Waals surface area contributed by atoms with E-state index in [2.05, 4.69) is 15.5 Å². The predicted molar refractivity (Wildman–Crippen MR) is 69.6 cm³/mol. The van der Waals surface area contributed by atoms with Crippen LogP contribution < -0.4 is 4.72 Å². The first-order valence-electron chi connectivity index (χ1n) is 6.51. The van der Waals surface area contributed by atoms with E-state index in [-0.39, 0.29) is 6.61 Å². The van der Waals surface area contributed by atoms with Crippen molar-refractivity contribution in [2.75, 3.05) is 12.4 Å². The molecular weight excluding hydrogens is 268 g/mol. The highest BCUT2D eigenvalue weighted by molar-refractivity contribution is 7.90. The lowest BCUT2D eigenvalue weighted by molar-refractivity contribution is -0.139. The van der Waals surface area contributed by atoms with Crippen molar-refractivity contribution in [1.82, 2.24) is 4.72 Å². The summed E-state index contributed by atoms with van der Waals surface area (Å²) in [7, 11) is -3.84. The maximum absolute atomic E-state index is 11.9. The van der Waals surface area contributed by atoms with Crippen molar-refractivity contribution in [3.63, 3.8) is 0 Å². The van der Waals surface area contributed by atoms with Crippen LogP contribution in [-0.2, 0) is 19.6 Å². The fourth-order valence-corrected chi connectivity index (χ4v) is 3.57. The average Bonchev–Trinajstić information content (AvgIpc) is 2.54. The van der Waals surface area contributed by atoms with Gasteiger partial charge in [0.2, 0.25) is 10.0 Å². The molecule has 0 heterocycles. The Morgan fingerprint density at radius 1 is 1.32 bits per heavy atom. The summed E-state index contributed by atoms with van der Waals surface area (Å²) < 4.78 is 30.8. The van der Waals surface area contributed by atoms with Crippen molar-refractivity contribution in [3.8, 4) is 6.07 Å². The summed E-state index contributed by atoms with van der Waals surface area (Å²) >= 11 is 0. The molecular formula is C12H20N2O4S. The summed E-state index contributed by atoms with van der Waals surface area (Å²) in [6, 6.07) is 2.08. The molecule has 0 radical (unpaired) electrons. The first-order valence-corrected chi connectivity index (χ1v) is 8.17. The summed E-state index contributed by atoms with van der Waals surface area (Å²) in [5, 5.41) is 9.27. The van der Waals surface area contributed by atoms with E-state index in [4.69, 9.17) is 0 Å². The highest BCUT2D eigenvalue weighted by Crippen LogP contribution is 2.27. The fraction of sp³-hybridized carbons (Fsp3) is 0.833. The number of nitrogens with one attached hydrogen (secondary N) is 1. The highest BCUT2D eigenvalue weighted by atomic mass is 32.2. The Hall–Kier alpha value is -1.13. The van der Waals surface area contributed by atoms with Crippen molar-refractivity contribution in [3.05, 3.63) is 0 Å². The van der Waals surface area contributed by atoms with Crippen molar-refractivity contribution < 1.29 is 17.9 Å². The minimum absolute atomic E-state index is 0.137. The third kappa shape index (κ3) is 5.17. The van der Waals surface area contributed by atoms with Crippen molar-refractivity contribution in [1.29, 1.82) is 5.26 Å². The number of hydrogen-bond donors (Lipinski definition) is 1. The minimum atomic E-state index is -3.84. The maximum Gasteiger partial charge on any atom is 0.322 e. The van der Waals surface area contributed by atoms with Gasteiger partial charge in [-0.1, -0.05) is 25.7 Å². The van der Waals surface area contributed by atoms with Crippen molar-refractivity contribution >= 4 is 16.0 Å².